The van der Waals surface area contributed by atoms with E-state index in [0.29, 0.717) is 5.25 Å². The minimum atomic E-state index is 0.612. The number of rotatable bonds is 21. The lowest BCUT2D eigenvalue weighted by molar-refractivity contribution is -0.697. The van der Waals surface area contributed by atoms with E-state index in [0.717, 1.165) is 13.1 Å². The van der Waals surface area contributed by atoms with Crippen LogP contribution in [-0.4, -0.2) is 5.25 Å². The molecule has 0 saturated heterocycles. The van der Waals surface area contributed by atoms with Crippen LogP contribution < -0.4 is 9.13 Å². The SMILES string of the molecule is CCCCCCCCCC[n+]1ccc(-c2cc[n+](CCCCCCCCCC(S)CC)cc2)cc1. The molecule has 196 valence electrons. The Morgan fingerprint density at radius 2 is 0.914 bits per heavy atom. The number of unbranched alkanes of at least 4 members (excludes halogenated alkanes) is 13. The van der Waals surface area contributed by atoms with E-state index in [9.17, 15) is 0 Å². The van der Waals surface area contributed by atoms with Crippen molar-refractivity contribution in [3.8, 4) is 11.1 Å². The molecule has 1 atom stereocenters. The quantitative estimate of drug-likeness (QED) is 0.0998. The summed E-state index contributed by atoms with van der Waals surface area (Å²) in [5.74, 6) is 0. The second-order valence-corrected chi connectivity index (χ2v) is 11.2. The summed E-state index contributed by atoms with van der Waals surface area (Å²) in [6.45, 7) is 6.79. The molecule has 0 aliphatic heterocycles. The zero-order valence-electron chi connectivity index (χ0n) is 23.0. The molecular formula is C32H54N2S+2. The van der Waals surface area contributed by atoms with Gasteiger partial charge >= 0.3 is 0 Å². The molecule has 0 aliphatic rings. The Hall–Kier alpha value is -1.35. The smallest absolute Gasteiger partial charge is 0.169 e. The van der Waals surface area contributed by atoms with E-state index in [1.807, 2.05) is 0 Å². The molecule has 2 nitrogen and oxygen atoms in total. The Morgan fingerprint density at radius 3 is 1.31 bits per heavy atom. The molecule has 0 aromatic carbocycles. The van der Waals surface area contributed by atoms with E-state index in [-0.39, 0.29) is 0 Å². The van der Waals surface area contributed by atoms with Gasteiger partial charge in [-0.1, -0.05) is 84.5 Å². The van der Waals surface area contributed by atoms with Gasteiger partial charge in [0.2, 0.25) is 0 Å². The normalized spacial score (nSPS) is 12.2. The van der Waals surface area contributed by atoms with Crippen LogP contribution in [0.25, 0.3) is 11.1 Å². The molecule has 0 fully saturated rings. The molecule has 2 heterocycles. The maximum atomic E-state index is 4.59. The number of hydrogen-bond donors (Lipinski definition) is 1. The van der Waals surface area contributed by atoms with Crippen LogP contribution in [-0.2, 0) is 13.1 Å². The number of thiol groups is 1. The van der Waals surface area contributed by atoms with Crippen LogP contribution in [0, 0.1) is 0 Å². The van der Waals surface area contributed by atoms with Crippen LogP contribution >= 0.6 is 12.6 Å². The topological polar surface area (TPSA) is 7.76 Å². The highest BCUT2D eigenvalue weighted by molar-refractivity contribution is 7.80. The van der Waals surface area contributed by atoms with Crippen LogP contribution in [0.2, 0.25) is 0 Å². The zero-order chi connectivity index (χ0) is 25.0. The highest BCUT2D eigenvalue weighted by Crippen LogP contribution is 2.16. The first-order valence-corrected chi connectivity index (χ1v) is 15.4. The summed E-state index contributed by atoms with van der Waals surface area (Å²) >= 11 is 4.59. The van der Waals surface area contributed by atoms with Crippen molar-refractivity contribution in [2.75, 3.05) is 0 Å². The number of hydrogen-bond acceptors (Lipinski definition) is 1. The van der Waals surface area contributed by atoms with Gasteiger partial charge in [0, 0.05) is 42.4 Å². The first-order valence-electron chi connectivity index (χ1n) is 14.9. The fourth-order valence-corrected chi connectivity index (χ4v) is 4.97. The average Bonchev–Trinajstić information content (AvgIpc) is 2.90. The number of aromatic nitrogens is 2. The van der Waals surface area contributed by atoms with Crippen molar-refractivity contribution in [3.05, 3.63) is 49.1 Å². The van der Waals surface area contributed by atoms with Gasteiger partial charge in [0.1, 0.15) is 13.1 Å². The largest absolute Gasteiger partial charge is 0.205 e. The molecule has 0 N–H and O–H groups in total. The molecular weight excluding hydrogens is 444 g/mol. The van der Waals surface area contributed by atoms with E-state index in [4.69, 9.17) is 0 Å². The summed E-state index contributed by atoms with van der Waals surface area (Å²) in [7, 11) is 0. The first kappa shape index (κ1) is 29.9. The third-order valence-electron chi connectivity index (χ3n) is 7.31. The van der Waals surface area contributed by atoms with E-state index in [1.54, 1.807) is 0 Å². The molecule has 2 rings (SSSR count). The Labute approximate surface area is 223 Å². The third-order valence-corrected chi connectivity index (χ3v) is 7.93. The van der Waals surface area contributed by atoms with Gasteiger partial charge in [-0.25, -0.2) is 9.13 Å². The molecule has 2 aromatic heterocycles. The second kappa shape index (κ2) is 19.8. The minimum Gasteiger partial charge on any atom is -0.205 e. The van der Waals surface area contributed by atoms with Crippen LogP contribution in [0.5, 0.6) is 0 Å². The molecule has 3 heteroatoms. The minimum absolute atomic E-state index is 0.612. The van der Waals surface area contributed by atoms with Gasteiger partial charge in [-0.05, 0) is 36.8 Å². The summed E-state index contributed by atoms with van der Waals surface area (Å²) < 4.78 is 4.68. The Kier molecular flexibility index (Phi) is 16.9. The summed E-state index contributed by atoms with van der Waals surface area (Å²) in [4.78, 5) is 0. The predicted octanol–water partition coefficient (Wildman–Crippen LogP) is 8.90. The fourth-order valence-electron chi connectivity index (χ4n) is 4.79. The monoisotopic (exact) mass is 498 g/mol. The molecule has 0 amide bonds. The number of nitrogens with zero attached hydrogens (tertiary/aromatic N) is 2. The van der Waals surface area contributed by atoms with Crippen LogP contribution in [0.3, 0.4) is 0 Å². The van der Waals surface area contributed by atoms with Gasteiger partial charge in [-0.2, -0.15) is 12.6 Å². The summed E-state index contributed by atoms with van der Waals surface area (Å²) in [5, 5.41) is 0.612. The molecule has 0 spiro atoms. The van der Waals surface area contributed by atoms with Crippen molar-refractivity contribution in [1.82, 2.24) is 0 Å². The molecule has 0 aliphatic carbocycles. The third kappa shape index (κ3) is 14.1. The van der Waals surface area contributed by atoms with Crippen molar-refractivity contribution < 1.29 is 9.13 Å². The van der Waals surface area contributed by atoms with Crippen LogP contribution in [0.1, 0.15) is 123 Å². The van der Waals surface area contributed by atoms with Gasteiger partial charge in [0.05, 0.1) is 0 Å². The van der Waals surface area contributed by atoms with Gasteiger partial charge in [0.15, 0.2) is 24.8 Å². The molecule has 2 aromatic rings. The van der Waals surface area contributed by atoms with Crippen molar-refractivity contribution in [3.63, 3.8) is 0 Å². The lowest BCUT2D eigenvalue weighted by Crippen LogP contribution is -2.33. The Balaban J connectivity index is 1.56. The van der Waals surface area contributed by atoms with E-state index in [1.165, 1.54) is 120 Å². The lowest BCUT2D eigenvalue weighted by atomic mass is 10.1. The molecule has 0 radical (unpaired) electrons. The van der Waals surface area contributed by atoms with Gasteiger partial charge in [-0.15, -0.1) is 0 Å². The summed E-state index contributed by atoms with van der Waals surface area (Å²) in [6, 6.07) is 9.07. The first-order chi connectivity index (χ1) is 17.2. The van der Waals surface area contributed by atoms with Gasteiger partial charge in [-0.3, -0.25) is 0 Å². The van der Waals surface area contributed by atoms with Crippen molar-refractivity contribution in [2.45, 2.75) is 141 Å². The number of aryl methyl sites for hydroxylation is 2. The molecule has 0 bridgehead atoms. The van der Waals surface area contributed by atoms with E-state index >= 15 is 0 Å². The molecule has 1 unspecified atom stereocenters. The Morgan fingerprint density at radius 1 is 0.543 bits per heavy atom. The highest BCUT2D eigenvalue weighted by Gasteiger charge is 2.06. The summed E-state index contributed by atoms with van der Waals surface area (Å²) in [5.41, 5.74) is 2.62. The van der Waals surface area contributed by atoms with Gasteiger partial charge < -0.3 is 0 Å². The molecule has 0 saturated carbocycles. The lowest BCUT2D eigenvalue weighted by Gasteiger charge is -2.06. The van der Waals surface area contributed by atoms with Crippen molar-refractivity contribution in [2.24, 2.45) is 0 Å². The van der Waals surface area contributed by atoms with Gasteiger partial charge in [0.25, 0.3) is 0 Å². The molecule has 35 heavy (non-hydrogen) atoms. The maximum absolute atomic E-state index is 4.59. The average molecular weight is 499 g/mol. The van der Waals surface area contributed by atoms with Crippen LogP contribution in [0.4, 0.5) is 0 Å². The Bertz CT molecular complexity index is 741. The van der Waals surface area contributed by atoms with E-state index < -0.39 is 0 Å². The standard InChI is InChI=1S/C32H53N2S/c1-3-5-6-7-8-11-14-17-24-33-26-20-30(21-27-33)31-22-28-34(29-23-31)25-18-15-12-9-10-13-16-19-32(35)4-2/h20-23,26-29,32H,3-19,24-25H2,1-2H3/q+1/p+1. The maximum Gasteiger partial charge on any atom is 0.169 e. The van der Waals surface area contributed by atoms with Crippen LogP contribution in [0.15, 0.2) is 49.1 Å². The second-order valence-electron chi connectivity index (χ2n) is 10.4. The van der Waals surface area contributed by atoms with E-state index in [2.05, 4.69) is 84.7 Å². The fraction of sp³-hybridized carbons (Fsp3) is 0.688. The number of pyridine rings is 2. The van der Waals surface area contributed by atoms with Crippen molar-refractivity contribution >= 4 is 12.6 Å². The predicted molar refractivity (Wildman–Crippen MR) is 155 cm³/mol. The van der Waals surface area contributed by atoms with Crippen molar-refractivity contribution in [1.29, 1.82) is 0 Å². The zero-order valence-corrected chi connectivity index (χ0v) is 23.9. The highest BCUT2D eigenvalue weighted by atomic mass is 32.1. The summed E-state index contributed by atoms with van der Waals surface area (Å²) in [6.07, 6.45) is 32.0.